The monoisotopic (exact) mass is 399 g/mol. The van der Waals surface area contributed by atoms with E-state index in [4.69, 9.17) is 0 Å². The number of anilines is 1. The topological polar surface area (TPSA) is 67.2 Å². The normalized spacial score (nSPS) is 10.9. The summed E-state index contributed by atoms with van der Waals surface area (Å²) in [4.78, 5) is 16.7. The molecule has 3 rings (SSSR count). The zero-order valence-electron chi connectivity index (χ0n) is 15.8. The van der Waals surface area contributed by atoms with Gasteiger partial charge in [-0.1, -0.05) is 30.0 Å². The lowest BCUT2D eigenvalue weighted by Gasteiger charge is -2.11. The van der Waals surface area contributed by atoms with E-state index in [-0.39, 0.29) is 24.1 Å². The first-order valence-corrected chi connectivity index (χ1v) is 9.84. The van der Waals surface area contributed by atoms with Crippen LogP contribution in [0.5, 0.6) is 0 Å². The van der Waals surface area contributed by atoms with E-state index in [1.807, 2.05) is 36.6 Å². The molecule has 0 bridgehead atoms. The van der Waals surface area contributed by atoms with Crippen molar-refractivity contribution in [1.82, 2.24) is 9.55 Å². The summed E-state index contributed by atoms with van der Waals surface area (Å²) in [6.45, 7) is 4.25. The average molecular weight is 399 g/mol. The number of amides is 1. The molecular formula is C21H22FN3O2S. The third-order valence-corrected chi connectivity index (χ3v) is 5.15. The summed E-state index contributed by atoms with van der Waals surface area (Å²) >= 11 is 1.30. The molecule has 1 heterocycles. The second-order valence-corrected chi connectivity index (χ2v) is 7.56. The van der Waals surface area contributed by atoms with Gasteiger partial charge in [0.05, 0.1) is 24.3 Å². The molecule has 3 aromatic rings. The molecular weight excluding hydrogens is 377 g/mol. The van der Waals surface area contributed by atoms with Crippen LogP contribution in [0.3, 0.4) is 0 Å². The molecule has 146 valence electrons. The highest BCUT2D eigenvalue weighted by molar-refractivity contribution is 7.99. The van der Waals surface area contributed by atoms with Gasteiger partial charge >= 0.3 is 0 Å². The molecule has 0 aliphatic heterocycles. The quantitative estimate of drug-likeness (QED) is 0.591. The minimum absolute atomic E-state index is 0.128. The highest BCUT2D eigenvalue weighted by atomic mass is 32.2. The van der Waals surface area contributed by atoms with Crippen molar-refractivity contribution in [3.63, 3.8) is 0 Å². The van der Waals surface area contributed by atoms with E-state index in [0.29, 0.717) is 17.4 Å². The van der Waals surface area contributed by atoms with Crippen molar-refractivity contribution in [2.24, 2.45) is 0 Å². The number of benzene rings is 2. The largest absolute Gasteiger partial charge is 0.390 e. The van der Waals surface area contributed by atoms with Crippen LogP contribution in [-0.4, -0.2) is 26.3 Å². The Kier molecular flexibility index (Phi) is 6.49. The fourth-order valence-corrected chi connectivity index (χ4v) is 3.75. The van der Waals surface area contributed by atoms with Gasteiger partial charge in [0.25, 0.3) is 0 Å². The van der Waals surface area contributed by atoms with Gasteiger partial charge in [-0.25, -0.2) is 9.37 Å². The Morgan fingerprint density at radius 1 is 1.18 bits per heavy atom. The van der Waals surface area contributed by atoms with E-state index < -0.39 is 0 Å². The minimum Gasteiger partial charge on any atom is -0.390 e. The predicted octanol–water partition coefficient (Wildman–Crippen LogP) is 3.91. The number of aliphatic hydroxyl groups is 1. The molecule has 2 N–H and O–H groups in total. The third kappa shape index (κ3) is 5.21. The van der Waals surface area contributed by atoms with Crippen LogP contribution in [0, 0.1) is 19.7 Å². The fraction of sp³-hybridized carbons (Fsp3) is 0.238. The van der Waals surface area contributed by atoms with Crippen LogP contribution in [-0.2, 0) is 17.9 Å². The summed E-state index contributed by atoms with van der Waals surface area (Å²) in [6, 6.07) is 12.1. The third-order valence-electron chi connectivity index (χ3n) is 4.16. The van der Waals surface area contributed by atoms with Crippen molar-refractivity contribution in [1.29, 1.82) is 0 Å². The number of carbonyl (C=O) groups is 1. The maximum absolute atomic E-state index is 13.1. The van der Waals surface area contributed by atoms with E-state index in [9.17, 15) is 14.3 Å². The van der Waals surface area contributed by atoms with Gasteiger partial charge < -0.3 is 15.0 Å². The summed E-state index contributed by atoms with van der Waals surface area (Å²) in [5.74, 6) is -0.232. The van der Waals surface area contributed by atoms with Gasteiger partial charge in [-0.15, -0.1) is 0 Å². The highest BCUT2D eigenvalue weighted by Gasteiger charge is 2.13. The smallest absolute Gasteiger partial charge is 0.234 e. The van der Waals surface area contributed by atoms with Gasteiger partial charge in [0.15, 0.2) is 5.16 Å². The molecule has 5 nitrogen and oxygen atoms in total. The molecule has 0 saturated heterocycles. The van der Waals surface area contributed by atoms with Crippen molar-refractivity contribution in [3.05, 3.63) is 76.9 Å². The lowest BCUT2D eigenvalue weighted by atomic mass is 10.1. The molecule has 0 saturated carbocycles. The second-order valence-electron chi connectivity index (χ2n) is 6.62. The van der Waals surface area contributed by atoms with Crippen molar-refractivity contribution >= 4 is 23.4 Å². The number of nitrogens with one attached hydrogen (secondary N) is 1. The number of nitrogens with zero attached hydrogens (tertiary/aromatic N) is 2. The summed E-state index contributed by atoms with van der Waals surface area (Å²) in [6.07, 6.45) is 1.59. The summed E-state index contributed by atoms with van der Waals surface area (Å²) in [5.41, 5.74) is 4.47. The van der Waals surface area contributed by atoms with Gasteiger partial charge in [-0.3, -0.25) is 4.79 Å². The summed E-state index contributed by atoms with van der Waals surface area (Å²) < 4.78 is 15.0. The molecule has 0 spiro atoms. The SMILES string of the molecule is Cc1cc(C)cc(NC(=O)CSc2ncc(CO)n2Cc2ccc(F)cc2)c1. The molecule has 1 amide bonds. The maximum atomic E-state index is 13.1. The predicted molar refractivity (Wildman–Crippen MR) is 109 cm³/mol. The minimum atomic E-state index is -0.297. The number of carbonyl (C=O) groups excluding carboxylic acids is 1. The van der Waals surface area contributed by atoms with Crippen LogP contribution in [0.25, 0.3) is 0 Å². The zero-order chi connectivity index (χ0) is 20.1. The lowest BCUT2D eigenvalue weighted by molar-refractivity contribution is -0.113. The number of aryl methyl sites for hydroxylation is 2. The van der Waals surface area contributed by atoms with Crippen molar-refractivity contribution < 1.29 is 14.3 Å². The fourth-order valence-electron chi connectivity index (χ4n) is 2.95. The van der Waals surface area contributed by atoms with Gasteiger partial charge in [-0.2, -0.15) is 0 Å². The average Bonchev–Trinajstić information content (AvgIpc) is 3.02. The molecule has 0 fully saturated rings. The van der Waals surface area contributed by atoms with E-state index in [2.05, 4.69) is 10.3 Å². The van der Waals surface area contributed by atoms with Crippen LogP contribution >= 0.6 is 11.8 Å². The first-order valence-electron chi connectivity index (χ1n) is 8.85. The number of rotatable bonds is 7. The Labute approximate surface area is 167 Å². The van der Waals surface area contributed by atoms with Gasteiger partial charge in [0.1, 0.15) is 5.82 Å². The van der Waals surface area contributed by atoms with Gasteiger partial charge in [0.2, 0.25) is 5.91 Å². The molecule has 1 aromatic heterocycles. The summed E-state index contributed by atoms with van der Waals surface area (Å²) in [5, 5.41) is 13.1. The first-order chi connectivity index (χ1) is 13.4. The Balaban J connectivity index is 1.67. The van der Waals surface area contributed by atoms with Crippen LogP contribution in [0.1, 0.15) is 22.4 Å². The molecule has 28 heavy (non-hydrogen) atoms. The number of halogens is 1. The maximum Gasteiger partial charge on any atom is 0.234 e. The first kappa shape index (κ1) is 20.1. The van der Waals surface area contributed by atoms with Crippen molar-refractivity contribution in [2.45, 2.75) is 32.2 Å². The Morgan fingerprint density at radius 3 is 2.50 bits per heavy atom. The van der Waals surface area contributed by atoms with E-state index in [1.54, 1.807) is 18.3 Å². The van der Waals surface area contributed by atoms with E-state index >= 15 is 0 Å². The van der Waals surface area contributed by atoms with Crippen molar-refractivity contribution in [2.75, 3.05) is 11.1 Å². The number of aliphatic hydroxyl groups excluding tert-OH is 1. The van der Waals surface area contributed by atoms with Crippen LogP contribution in [0.4, 0.5) is 10.1 Å². The second kappa shape index (κ2) is 9.03. The Hall–Kier alpha value is -2.64. The highest BCUT2D eigenvalue weighted by Crippen LogP contribution is 2.21. The Morgan fingerprint density at radius 2 is 1.86 bits per heavy atom. The molecule has 0 atom stereocenters. The number of thioether (sulfide) groups is 1. The molecule has 0 radical (unpaired) electrons. The van der Waals surface area contributed by atoms with Gasteiger partial charge in [-0.05, 0) is 54.8 Å². The van der Waals surface area contributed by atoms with Crippen molar-refractivity contribution in [3.8, 4) is 0 Å². The van der Waals surface area contributed by atoms with Crippen LogP contribution in [0.15, 0.2) is 53.8 Å². The molecule has 2 aromatic carbocycles. The number of imidazole rings is 1. The Bertz CT molecular complexity index is 950. The standard InChI is InChI=1S/C21H22FN3O2S/c1-14-7-15(2)9-18(8-14)24-20(27)13-28-21-23-10-19(12-26)25(21)11-16-3-5-17(22)6-4-16/h3-10,26H,11-13H2,1-2H3,(H,24,27). The molecule has 0 aliphatic carbocycles. The van der Waals surface area contributed by atoms with Crippen LogP contribution < -0.4 is 5.32 Å². The lowest BCUT2D eigenvalue weighted by Crippen LogP contribution is -2.15. The molecule has 0 aliphatic rings. The summed E-state index contributed by atoms with van der Waals surface area (Å²) in [7, 11) is 0. The number of hydrogen-bond acceptors (Lipinski definition) is 4. The number of aromatic nitrogens is 2. The van der Waals surface area contributed by atoms with Gasteiger partial charge in [0, 0.05) is 12.2 Å². The van der Waals surface area contributed by atoms with Crippen LogP contribution in [0.2, 0.25) is 0 Å². The van der Waals surface area contributed by atoms with E-state index in [0.717, 1.165) is 22.4 Å². The molecule has 0 unspecified atom stereocenters. The number of hydrogen-bond donors (Lipinski definition) is 2. The van der Waals surface area contributed by atoms with E-state index in [1.165, 1.54) is 23.9 Å². The zero-order valence-corrected chi connectivity index (χ0v) is 16.6. The molecule has 7 heteroatoms.